The lowest BCUT2D eigenvalue weighted by atomic mass is 9.87. The third kappa shape index (κ3) is 3.10. The van der Waals surface area contributed by atoms with Crippen LogP contribution in [0.2, 0.25) is 0 Å². The molecule has 23 heavy (non-hydrogen) atoms. The van der Waals surface area contributed by atoms with Crippen LogP contribution in [0.4, 0.5) is 0 Å². The molecule has 0 spiro atoms. The molecule has 5 nitrogen and oxygen atoms in total. The summed E-state index contributed by atoms with van der Waals surface area (Å²) < 4.78 is 0. The van der Waals surface area contributed by atoms with Crippen LogP contribution in [0.25, 0.3) is 0 Å². The quantitative estimate of drug-likeness (QED) is 0.923. The Balaban J connectivity index is 1.72. The predicted octanol–water partition coefficient (Wildman–Crippen LogP) is 2.22. The second-order valence-electron chi connectivity index (χ2n) is 6.18. The minimum atomic E-state index is -0.950. The third-order valence-electron chi connectivity index (χ3n) is 4.50. The van der Waals surface area contributed by atoms with Crippen molar-refractivity contribution in [3.8, 4) is 0 Å². The number of carbonyl (C=O) groups excluding carboxylic acids is 1. The molecule has 1 fully saturated rings. The highest BCUT2D eigenvalue weighted by Gasteiger charge is 2.36. The standard InChI is InChI=1S/C18H21N3O2/c1-13-5-6-16(20-12-13)18(23)7-10-21(11-8-18)17(22)15-4-3-9-19-14(15)2/h3-6,9,12,23H,7-8,10-11H2,1-2H3. The van der Waals surface area contributed by atoms with E-state index in [4.69, 9.17) is 0 Å². The first kappa shape index (κ1) is 15.6. The SMILES string of the molecule is Cc1ccc(C2(O)CCN(C(=O)c3cccnc3C)CC2)nc1. The molecule has 2 aromatic heterocycles. The molecule has 0 atom stereocenters. The van der Waals surface area contributed by atoms with Crippen LogP contribution in [0.1, 0.15) is 40.2 Å². The molecule has 1 N–H and O–H groups in total. The molecule has 0 radical (unpaired) electrons. The maximum absolute atomic E-state index is 12.6. The van der Waals surface area contributed by atoms with Gasteiger partial charge in [0.1, 0.15) is 5.60 Å². The van der Waals surface area contributed by atoms with E-state index in [0.29, 0.717) is 37.2 Å². The van der Waals surface area contributed by atoms with Crippen molar-refractivity contribution in [3.05, 3.63) is 59.2 Å². The molecular formula is C18H21N3O2. The number of hydrogen-bond acceptors (Lipinski definition) is 4. The lowest BCUT2D eigenvalue weighted by Crippen LogP contribution is -2.45. The maximum Gasteiger partial charge on any atom is 0.255 e. The van der Waals surface area contributed by atoms with Crippen LogP contribution in [-0.4, -0.2) is 39.0 Å². The zero-order valence-electron chi connectivity index (χ0n) is 13.5. The highest BCUT2D eigenvalue weighted by Crippen LogP contribution is 2.32. The molecular weight excluding hydrogens is 290 g/mol. The number of pyridine rings is 2. The largest absolute Gasteiger partial charge is 0.383 e. The lowest BCUT2D eigenvalue weighted by Gasteiger charge is -2.38. The van der Waals surface area contributed by atoms with Gasteiger partial charge in [-0.1, -0.05) is 6.07 Å². The molecule has 0 aliphatic carbocycles. The summed E-state index contributed by atoms with van der Waals surface area (Å²) in [5.74, 6) is -0.0190. The zero-order valence-corrected chi connectivity index (χ0v) is 13.5. The average Bonchev–Trinajstić information content (AvgIpc) is 2.56. The van der Waals surface area contributed by atoms with E-state index in [1.165, 1.54) is 0 Å². The summed E-state index contributed by atoms with van der Waals surface area (Å²) in [6.45, 7) is 4.83. The van der Waals surface area contributed by atoms with Gasteiger partial charge >= 0.3 is 0 Å². The maximum atomic E-state index is 12.6. The van der Waals surface area contributed by atoms with Gasteiger partial charge < -0.3 is 10.0 Å². The van der Waals surface area contributed by atoms with Crippen LogP contribution in [0.5, 0.6) is 0 Å². The second kappa shape index (κ2) is 6.08. The smallest absolute Gasteiger partial charge is 0.255 e. The fourth-order valence-electron chi connectivity index (χ4n) is 2.96. The Kier molecular flexibility index (Phi) is 4.13. The summed E-state index contributed by atoms with van der Waals surface area (Å²) in [6.07, 6.45) is 4.44. The Morgan fingerprint density at radius 2 is 1.91 bits per heavy atom. The zero-order chi connectivity index (χ0) is 16.4. The number of rotatable bonds is 2. The van der Waals surface area contributed by atoms with Crippen LogP contribution in [0.15, 0.2) is 36.7 Å². The lowest BCUT2D eigenvalue weighted by molar-refractivity contribution is -0.0244. The van der Waals surface area contributed by atoms with Crippen LogP contribution in [-0.2, 0) is 5.60 Å². The van der Waals surface area contributed by atoms with Gasteiger partial charge in [0.2, 0.25) is 0 Å². The summed E-state index contributed by atoms with van der Waals surface area (Å²) in [4.78, 5) is 22.9. The first-order valence-electron chi connectivity index (χ1n) is 7.86. The highest BCUT2D eigenvalue weighted by atomic mass is 16.3. The van der Waals surface area contributed by atoms with Crippen molar-refractivity contribution in [2.45, 2.75) is 32.3 Å². The molecule has 0 aromatic carbocycles. The summed E-state index contributed by atoms with van der Waals surface area (Å²) in [6, 6.07) is 7.40. The van der Waals surface area contributed by atoms with Crippen molar-refractivity contribution in [2.24, 2.45) is 0 Å². The second-order valence-corrected chi connectivity index (χ2v) is 6.18. The first-order valence-corrected chi connectivity index (χ1v) is 7.86. The normalized spacial score (nSPS) is 17.1. The molecule has 1 aliphatic heterocycles. The van der Waals surface area contributed by atoms with Crippen molar-refractivity contribution in [1.82, 2.24) is 14.9 Å². The van der Waals surface area contributed by atoms with Crippen LogP contribution < -0.4 is 0 Å². The fraction of sp³-hybridized carbons (Fsp3) is 0.389. The Morgan fingerprint density at radius 3 is 2.52 bits per heavy atom. The number of likely N-dealkylation sites (tertiary alicyclic amines) is 1. The van der Waals surface area contributed by atoms with Gasteiger partial charge in [0.05, 0.1) is 11.3 Å². The Bertz CT molecular complexity index is 704. The van der Waals surface area contributed by atoms with E-state index in [1.807, 2.05) is 26.0 Å². The number of piperidine rings is 1. The molecule has 0 unspecified atom stereocenters. The van der Waals surface area contributed by atoms with E-state index in [1.54, 1.807) is 29.4 Å². The van der Waals surface area contributed by atoms with Crippen LogP contribution >= 0.6 is 0 Å². The average molecular weight is 311 g/mol. The molecule has 3 heterocycles. The number of amides is 1. The van der Waals surface area contributed by atoms with E-state index < -0.39 is 5.60 Å². The molecule has 3 rings (SSSR count). The number of hydrogen-bond donors (Lipinski definition) is 1. The van der Waals surface area contributed by atoms with E-state index in [-0.39, 0.29) is 5.91 Å². The van der Waals surface area contributed by atoms with Crippen molar-refractivity contribution in [3.63, 3.8) is 0 Å². The first-order chi connectivity index (χ1) is 11.0. The molecule has 5 heteroatoms. The van der Waals surface area contributed by atoms with E-state index >= 15 is 0 Å². The number of aromatic nitrogens is 2. The van der Waals surface area contributed by atoms with E-state index in [2.05, 4.69) is 9.97 Å². The number of nitrogens with zero attached hydrogens (tertiary/aromatic N) is 3. The highest BCUT2D eigenvalue weighted by molar-refractivity contribution is 5.95. The number of carbonyl (C=O) groups is 1. The number of aryl methyl sites for hydroxylation is 2. The van der Waals surface area contributed by atoms with E-state index in [0.717, 1.165) is 11.3 Å². The predicted molar refractivity (Wildman–Crippen MR) is 87.0 cm³/mol. The number of aliphatic hydroxyl groups is 1. The summed E-state index contributed by atoms with van der Waals surface area (Å²) in [7, 11) is 0. The van der Waals surface area contributed by atoms with E-state index in [9.17, 15) is 9.90 Å². The topological polar surface area (TPSA) is 66.3 Å². The van der Waals surface area contributed by atoms with Crippen molar-refractivity contribution < 1.29 is 9.90 Å². The van der Waals surface area contributed by atoms with Crippen LogP contribution in [0.3, 0.4) is 0 Å². The van der Waals surface area contributed by atoms with Gasteiger partial charge in [-0.05, 0) is 50.5 Å². The summed E-state index contributed by atoms with van der Waals surface area (Å²) >= 11 is 0. The molecule has 1 aliphatic rings. The minimum Gasteiger partial charge on any atom is -0.383 e. The molecule has 0 saturated carbocycles. The third-order valence-corrected chi connectivity index (χ3v) is 4.50. The van der Waals surface area contributed by atoms with Crippen molar-refractivity contribution in [2.75, 3.05) is 13.1 Å². The Labute approximate surface area is 136 Å². The van der Waals surface area contributed by atoms with Gasteiger partial charge in [0, 0.05) is 31.2 Å². The summed E-state index contributed by atoms with van der Waals surface area (Å²) in [5, 5.41) is 10.8. The van der Waals surface area contributed by atoms with Gasteiger partial charge in [-0.3, -0.25) is 14.8 Å². The Hall–Kier alpha value is -2.27. The van der Waals surface area contributed by atoms with Gasteiger partial charge in [-0.25, -0.2) is 0 Å². The molecule has 2 aromatic rings. The van der Waals surface area contributed by atoms with Crippen LogP contribution in [0, 0.1) is 13.8 Å². The van der Waals surface area contributed by atoms with Gasteiger partial charge in [-0.15, -0.1) is 0 Å². The fourth-order valence-corrected chi connectivity index (χ4v) is 2.96. The molecule has 1 saturated heterocycles. The molecule has 1 amide bonds. The Morgan fingerprint density at radius 1 is 1.17 bits per heavy atom. The molecule has 120 valence electrons. The van der Waals surface area contributed by atoms with Crippen molar-refractivity contribution >= 4 is 5.91 Å². The van der Waals surface area contributed by atoms with Gasteiger partial charge in [0.15, 0.2) is 0 Å². The summed E-state index contributed by atoms with van der Waals surface area (Å²) in [5.41, 5.74) is 2.17. The van der Waals surface area contributed by atoms with Crippen molar-refractivity contribution in [1.29, 1.82) is 0 Å². The molecule has 0 bridgehead atoms. The monoisotopic (exact) mass is 311 g/mol. The minimum absolute atomic E-state index is 0.0190. The van der Waals surface area contributed by atoms with Gasteiger partial charge in [0.25, 0.3) is 5.91 Å². The van der Waals surface area contributed by atoms with Gasteiger partial charge in [-0.2, -0.15) is 0 Å².